The monoisotopic (exact) mass is 279 g/mol. The summed E-state index contributed by atoms with van der Waals surface area (Å²) in [4.78, 5) is 14.0. The molecule has 1 aromatic rings. The van der Waals surface area contributed by atoms with Gasteiger partial charge in [0.1, 0.15) is 5.82 Å². The molecule has 5 heteroatoms. The van der Waals surface area contributed by atoms with Crippen molar-refractivity contribution in [3.8, 4) is 0 Å². The molecule has 0 saturated carbocycles. The number of carbonyl (C=O) groups excluding carboxylic acids is 1. The molecular formula is C15H22FN3O. The molecule has 0 aromatic heterocycles. The molecule has 1 fully saturated rings. The first-order valence-corrected chi connectivity index (χ1v) is 7.09. The third-order valence-electron chi connectivity index (χ3n) is 3.91. The van der Waals surface area contributed by atoms with Gasteiger partial charge in [-0.05, 0) is 44.4 Å². The molecule has 0 bridgehead atoms. The second-order valence-electron chi connectivity index (χ2n) is 5.59. The maximum absolute atomic E-state index is 14.1. The number of hydrogen-bond acceptors (Lipinski definition) is 3. The molecule has 1 heterocycles. The summed E-state index contributed by atoms with van der Waals surface area (Å²) in [6, 6.07) is 4.80. The Kier molecular flexibility index (Phi) is 4.28. The molecule has 0 aliphatic carbocycles. The van der Waals surface area contributed by atoms with Crippen molar-refractivity contribution >= 4 is 17.3 Å². The van der Waals surface area contributed by atoms with Crippen molar-refractivity contribution in [2.24, 2.45) is 5.73 Å². The van der Waals surface area contributed by atoms with E-state index in [9.17, 15) is 9.18 Å². The van der Waals surface area contributed by atoms with Gasteiger partial charge < -0.3 is 16.0 Å². The van der Waals surface area contributed by atoms with Crippen LogP contribution in [0.4, 0.5) is 15.8 Å². The van der Waals surface area contributed by atoms with Crippen LogP contribution < -0.4 is 16.0 Å². The third-order valence-corrected chi connectivity index (χ3v) is 3.91. The van der Waals surface area contributed by atoms with Crippen molar-refractivity contribution in [1.82, 2.24) is 0 Å². The van der Waals surface area contributed by atoms with Crippen LogP contribution >= 0.6 is 0 Å². The molecule has 0 spiro atoms. The number of nitrogens with two attached hydrogens (primary N) is 1. The van der Waals surface area contributed by atoms with E-state index < -0.39 is 5.54 Å². The van der Waals surface area contributed by atoms with E-state index >= 15 is 0 Å². The van der Waals surface area contributed by atoms with Crippen LogP contribution in [0.2, 0.25) is 0 Å². The molecule has 1 saturated heterocycles. The van der Waals surface area contributed by atoms with E-state index in [1.54, 1.807) is 19.1 Å². The van der Waals surface area contributed by atoms with E-state index in [1.165, 1.54) is 6.07 Å². The molecule has 1 aliphatic rings. The van der Waals surface area contributed by atoms with Crippen molar-refractivity contribution in [1.29, 1.82) is 0 Å². The van der Waals surface area contributed by atoms with Gasteiger partial charge in [0.2, 0.25) is 5.91 Å². The summed E-state index contributed by atoms with van der Waals surface area (Å²) in [5.41, 5.74) is 5.97. The van der Waals surface area contributed by atoms with Gasteiger partial charge in [0.05, 0.1) is 11.2 Å². The third kappa shape index (κ3) is 3.10. The van der Waals surface area contributed by atoms with Gasteiger partial charge in [-0.25, -0.2) is 4.39 Å². The SMILES string of the molecule is CCC(C)(N)C(=O)Nc1ccc(N2CCCC2)c(F)c1. The highest BCUT2D eigenvalue weighted by molar-refractivity contribution is 5.97. The van der Waals surface area contributed by atoms with Crippen LogP contribution in [-0.4, -0.2) is 24.5 Å². The minimum absolute atomic E-state index is 0.298. The summed E-state index contributed by atoms with van der Waals surface area (Å²) in [5, 5.41) is 2.67. The van der Waals surface area contributed by atoms with Crippen molar-refractivity contribution in [2.45, 2.75) is 38.6 Å². The van der Waals surface area contributed by atoms with Crippen LogP contribution in [0.3, 0.4) is 0 Å². The Bertz CT molecular complexity index is 496. The number of amides is 1. The zero-order valence-corrected chi connectivity index (χ0v) is 12.1. The minimum atomic E-state index is -0.940. The summed E-state index contributed by atoms with van der Waals surface area (Å²) in [7, 11) is 0. The highest BCUT2D eigenvalue weighted by Crippen LogP contribution is 2.26. The molecule has 1 amide bonds. The van der Waals surface area contributed by atoms with Gasteiger partial charge in [0, 0.05) is 18.8 Å². The minimum Gasteiger partial charge on any atom is -0.369 e. The number of rotatable bonds is 4. The zero-order valence-electron chi connectivity index (χ0n) is 12.1. The number of halogens is 1. The number of hydrogen-bond donors (Lipinski definition) is 2. The van der Waals surface area contributed by atoms with E-state index in [2.05, 4.69) is 5.32 Å². The molecule has 1 aliphatic heterocycles. The van der Waals surface area contributed by atoms with Crippen LogP contribution in [0.1, 0.15) is 33.1 Å². The number of nitrogens with one attached hydrogen (secondary N) is 1. The van der Waals surface area contributed by atoms with Crippen molar-refractivity contribution in [2.75, 3.05) is 23.3 Å². The van der Waals surface area contributed by atoms with Gasteiger partial charge in [0.25, 0.3) is 0 Å². The summed E-state index contributed by atoms with van der Waals surface area (Å²) in [6.07, 6.45) is 2.72. The first-order chi connectivity index (χ1) is 9.44. The fourth-order valence-electron chi connectivity index (χ4n) is 2.23. The lowest BCUT2D eigenvalue weighted by atomic mass is 9.99. The average Bonchev–Trinajstić information content (AvgIpc) is 2.92. The van der Waals surface area contributed by atoms with E-state index in [4.69, 9.17) is 5.73 Å². The Hall–Kier alpha value is -1.62. The van der Waals surface area contributed by atoms with Gasteiger partial charge in [-0.1, -0.05) is 6.92 Å². The molecule has 4 nitrogen and oxygen atoms in total. The van der Waals surface area contributed by atoms with Crippen LogP contribution in [0.5, 0.6) is 0 Å². The van der Waals surface area contributed by atoms with Crippen LogP contribution in [-0.2, 0) is 4.79 Å². The second-order valence-corrected chi connectivity index (χ2v) is 5.59. The Labute approximate surface area is 119 Å². The van der Waals surface area contributed by atoms with Gasteiger partial charge in [-0.15, -0.1) is 0 Å². The quantitative estimate of drug-likeness (QED) is 0.890. The number of nitrogens with zero attached hydrogens (tertiary/aromatic N) is 1. The lowest BCUT2D eigenvalue weighted by Gasteiger charge is -2.22. The molecule has 2 rings (SSSR count). The number of anilines is 2. The van der Waals surface area contributed by atoms with E-state index in [1.807, 2.05) is 11.8 Å². The predicted molar refractivity (Wildman–Crippen MR) is 79.4 cm³/mol. The van der Waals surface area contributed by atoms with Gasteiger partial charge in [-0.2, -0.15) is 0 Å². The van der Waals surface area contributed by atoms with Crippen molar-refractivity contribution in [3.63, 3.8) is 0 Å². The Morgan fingerprint density at radius 3 is 2.65 bits per heavy atom. The first-order valence-electron chi connectivity index (χ1n) is 7.09. The summed E-state index contributed by atoms with van der Waals surface area (Å²) in [5.74, 6) is -0.603. The van der Waals surface area contributed by atoms with E-state index in [-0.39, 0.29) is 11.7 Å². The smallest absolute Gasteiger partial charge is 0.244 e. The van der Waals surface area contributed by atoms with Crippen molar-refractivity contribution in [3.05, 3.63) is 24.0 Å². The zero-order chi connectivity index (χ0) is 14.8. The highest BCUT2D eigenvalue weighted by atomic mass is 19.1. The summed E-state index contributed by atoms with van der Waals surface area (Å²) < 4.78 is 14.1. The molecule has 3 N–H and O–H groups in total. The van der Waals surface area contributed by atoms with Gasteiger partial charge >= 0.3 is 0 Å². The largest absolute Gasteiger partial charge is 0.369 e. The Balaban J connectivity index is 2.11. The number of carbonyl (C=O) groups is 1. The molecule has 1 atom stereocenters. The van der Waals surface area contributed by atoms with Crippen LogP contribution in [0.15, 0.2) is 18.2 Å². The molecule has 0 radical (unpaired) electrons. The number of benzene rings is 1. The van der Waals surface area contributed by atoms with Crippen LogP contribution in [0, 0.1) is 5.82 Å². The fourth-order valence-corrected chi connectivity index (χ4v) is 2.23. The standard InChI is InChI=1S/C15H22FN3O/c1-3-15(2,17)14(20)18-11-6-7-13(12(16)10-11)19-8-4-5-9-19/h6-7,10H,3-5,8-9,17H2,1-2H3,(H,18,20). The lowest BCUT2D eigenvalue weighted by Crippen LogP contribution is -2.47. The van der Waals surface area contributed by atoms with Gasteiger partial charge in [0.15, 0.2) is 0 Å². The lowest BCUT2D eigenvalue weighted by molar-refractivity contribution is -0.120. The molecular weight excluding hydrogens is 257 g/mol. The van der Waals surface area contributed by atoms with Crippen LogP contribution in [0.25, 0.3) is 0 Å². The topological polar surface area (TPSA) is 58.4 Å². The normalized spacial score (nSPS) is 17.9. The predicted octanol–water partition coefficient (Wildman–Crippen LogP) is 2.49. The van der Waals surface area contributed by atoms with Crippen molar-refractivity contribution < 1.29 is 9.18 Å². The maximum Gasteiger partial charge on any atom is 0.244 e. The second kappa shape index (κ2) is 5.79. The van der Waals surface area contributed by atoms with Gasteiger partial charge in [-0.3, -0.25) is 4.79 Å². The molecule has 110 valence electrons. The summed E-state index contributed by atoms with van der Waals surface area (Å²) >= 11 is 0. The highest BCUT2D eigenvalue weighted by Gasteiger charge is 2.26. The molecule has 1 unspecified atom stereocenters. The fraction of sp³-hybridized carbons (Fsp3) is 0.533. The van der Waals surface area contributed by atoms with E-state index in [0.29, 0.717) is 17.8 Å². The summed E-state index contributed by atoms with van der Waals surface area (Å²) in [6.45, 7) is 5.28. The molecule has 20 heavy (non-hydrogen) atoms. The Morgan fingerprint density at radius 2 is 2.10 bits per heavy atom. The maximum atomic E-state index is 14.1. The molecule has 1 aromatic carbocycles. The Morgan fingerprint density at radius 1 is 1.45 bits per heavy atom. The first kappa shape index (κ1) is 14.8. The van der Waals surface area contributed by atoms with E-state index in [0.717, 1.165) is 25.9 Å². The average molecular weight is 279 g/mol.